The van der Waals surface area contributed by atoms with Gasteiger partial charge in [-0.2, -0.15) is 0 Å². The lowest BCUT2D eigenvalue weighted by molar-refractivity contribution is 0.0729. The van der Waals surface area contributed by atoms with Crippen molar-refractivity contribution >= 4 is 16.9 Å². The van der Waals surface area contributed by atoms with Crippen LogP contribution in [0.3, 0.4) is 0 Å². The maximum atomic E-state index is 12.9. The minimum atomic E-state index is -0.722. The van der Waals surface area contributed by atoms with E-state index in [9.17, 15) is 9.59 Å². The highest BCUT2D eigenvalue weighted by atomic mass is 16.6. The number of hydrogen-bond donors (Lipinski definition) is 0. The number of hydrogen-bond acceptors (Lipinski definition) is 6. The molecule has 168 valence electrons. The van der Waals surface area contributed by atoms with Crippen LogP contribution in [0.15, 0.2) is 69.9 Å². The number of benzene rings is 2. The van der Waals surface area contributed by atoms with Crippen molar-refractivity contribution in [3.63, 3.8) is 0 Å². The Labute approximate surface area is 187 Å². The zero-order valence-corrected chi connectivity index (χ0v) is 18.8. The lowest BCUT2D eigenvalue weighted by Crippen LogP contribution is -2.23. The minimum absolute atomic E-state index is 0.00979. The quantitative estimate of drug-likeness (QED) is 0.189. The molecule has 0 fully saturated rings. The summed E-state index contributed by atoms with van der Waals surface area (Å²) in [5.41, 5.74) is -0.664. The first-order valence-electron chi connectivity index (χ1n) is 10.6. The fourth-order valence-corrected chi connectivity index (χ4v) is 3.05. The van der Waals surface area contributed by atoms with Crippen LogP contribution in [0.4, 0.5) is 0 Å². The van der Waals surface area contributed by atoms with E-state index in [1.54, 1.807) is 48.5 Å². The van der Waals surface area contributed by atoms with Gasteiger partial charge in [0.1, 0.15) is 22.3 Å². The summed E-state index contributed by atoms with van der Waals surface area (Å²) >= 11 is 0. The van der Waals surface area contributed by atoms with Crippen LogP contribution in [0.5, 0.6) is 17.2 Å². The highest BCUT2D eigenvalue weighted by Crippen LogP contribution is 2.40. The number of ether oxygens (including phenoxy) is 3. The van der Waals surface area contributed by atoms with Crippen molar-refractivity contribution in [2.45, 2.75) is 46.1 Å². The summed E-state index contributed by atoms with van der Waals surface area (Å²) in [5, 5.41) is 0.366. The molecule has 0 saturated heterocycles. The average Bonchev–Trinajstić information content (AvgIpc) is 2.74. The molecule has 0 spiro atoms. The maximum Gasteiger partial charge on any atom is 0.383 e. The van der Waals surface area contributed by atoms with Gasteiger partial charge >= 0.3 is 11.6 Å². The molecule has 2 aromatic carbocycles. The topological polar surface area (TPSA) is 75.0 Å². The predicted octanol–water partition coefficient (Wildman–Crippen LogP) is 5.92. The van der Waals surface area contributed by atoms with Gasteiger partial charge < -0.3 is 18.6 Å². The SMILES string of the molecule is CCC=CCCOc1c(OC(=O)c2ccccc2)c2c(OC(C)(C)C)cccc2oc1=O. The van der Waals surface area contributed by atoms with Gasteiger partial charge in [-0.15, -0.1) is 0 Å². The van der Waals surface area contributed by atoms with E-state index >= 15 is 0 Å². The summed E-state index contributed by atoms with van der Waals surface area (Å²) in [6.45, 7) is 7.96. The van der Waals surface area contributed by atoms with Gasteiger partial charge in [-0.05, 0) is 57.9 Å². The average molecular weight is 437 g/mol. The van der Waals surface area contributed by atoms with E-state index in [1.165, 1.54) is 0 Å². The van der Waals surface area contributed by atoms with Crippen molar-refractivity contribution < 1.29 is 23.4 Å². The summed E-state index contributed by atoms with van der Waals surface area (Å²) in [5.74, 6) is -0.356. The van der Waals surface area contributed by atoms with Gasteiger partial charge in [0.15, 0.2) is 5.75 Å². The number of fused-ring (bicyclic) bond motifs is 1. The first-order valence-corrected chi connectivity index (χ1v) is 10.6. The van der Waals surface area contributed by atoms with E-state index in [4.69, 9.17) is 18.6 Å². The van der Waals surface area contributed by atoms with E-state index in [2.05, 4.69) is 0 Å². The molecule has 0 bridgehead atoms. The lowest BCUT2D eigenvalue weighted by Gasteiger charge is -2.23. The van der Waals surface area contributed by atoms with Crippen LogP contribution < -0.4 is 19.8 Å². The lowest BCUT2D eigenvalue weighted by atomic mass is 10.1. The molecule has 1 aromatic heterocycles. The van der Waals surface area contributed by atoms with Crippen LogP contribution in [0.1, 0.15) is 50.9 Å². The first kappa shape index (κ1) is 23.1. The number of carbonyl (C=O) groups excluding carboxylic acids is 1. The van der Waals surface area contributed by atoms with Crippen LogP contribution in [-0.2, 0) is 0 Å². The smallest absolute Gasteiger partial charge is 0.383 e. The van der Waals surface area contributed by atoms with Crippen molar-refractivity contribution in [3.8, 4) is 17.2 Å². The summed E-state index contributed by atoms with van der Waals surface area (Å²) in [7, 11) is 0. The van der Waals surface area contributed by atoms with Crippen LogP contribution in [0.2, 0.25) is 0 Å². The standard InChI is InChI=1S/C26H28O6/c1-5-6-7-11-17-29-23-22(31-24(27)18-13-9-8-10-14-18)21-19(30-25(23)28)15-12-16-20(21)32-26(2,3)4/h6-10,12-16H,5,11,17H2,1-4H3. The zero-order chi connectivity index (χ0) is 23.1. The summed E-state index contributed by atoms with van der Waals surface area (Å²) in [4.78, 5) is 25.6. The van der Waals surface area contributed by atoms with E-state index in [1.807, 2.05) is 39.8 Å². The summed E-state index contributed by atoms with van der Waals surface area (Å²) < 4.78 is 23.1. The Morgan fingerprint density at radius 1 is 1.00 bits per heavy atom. The molecule has 3 rings (SSSR count). The highest BCUT2D eigenvalue weighted by molar-refractivity contribution is 5.97. The van der Waals surface area contributed by atoms with Crippen molar-refractivity contribution in [2.75, 3.05) is 6.61 Å². The minimum Gasteiger partial charge on any atom is -0.487 e. The van der Waals surface area contributed by atoms with E-state index in [-0.39, 0.29) is 23.7 Å². The number of rotatable bonds is 8. The molecule has 0 aliphatic rings. The third-order valence-electron chi connectivity index (χ3n) is 4.36. The molecule has 6 nitrogen and oxygen atoms in total. The van der Waals surface area contributed by atoms with Gasteiger partial charge in [-0.3, -0.25) is 0 Å². The van der Waals surface area contributed by atoms with Gasteiger partial charge in [-0.1, -0.05) is 43.3 Å². The predicted molar refractivity (Wildman–Crippen MR) is 124 cm³/mol. The Morgan fingerprint density at radius 3 is 2.44 bits per heavy atom. The second-order valence-corrected chi connectivity index (χ2v) is 8.16. The first-order chi connectivity index (χ1) is 15.3. The Morgan fingerprint density at radius 2 is 1.75 bits per heavy atom. The second-order valence-electron chi connectivity index (χ2n) is 8.16. The van der Waals surface area contributed by atoms with Crippen LogP contribution in [-0.4, -0.2) is 18.2 Å². The van der Waals surface area contributed by atoms with Crippen LogP contribution >= 0.6 is 0 Å². The van der Waals surface area contributed by atoms with E-state index in [0.717, 1.165) is 6.42 Å². The van der Waals surface area contributed by atoms with Gasteiger partial charge in [0.05, 0.1) is 12.2 Å². The van der Waals surface area contributed by atoms with Crippen molar-refractivity contribution in [2.24, 2.45) is 0 Å². The summed E-state index contributed by atoms with van der Waals surface area (Å²) in [6, 6.07) is 13.6. The Balaban J connectivity index is 2.12. The number of esters is 1. The summed E-state index contributed by atoms with van der Waals surface area (Å²) in [6.07, 6.45) is 5.48. The van der Waals surface area contributed by atoms with Gasteiger partial charge in [0, 0.05) is 0 Å². The molecule has 0 amide bonds. The molecule has 0 unspecified atom stereocenters. The molecule has 0 aliphatic carbocycles. The maximum absolute atomic E-state index is 12.9. The third-order valence-corrected chi connectivity index (χ3v) is 4.36. The third kappa shape index (κ3) is 5.78. The molecule has 6 heteroatoms. The van der Waals surface area contributed by atoms with Crippen molar-refractivity contribution in [1.29, 1.82) is 0 Å². The second kappa shape index (κ2) is 10.2. The molecular formula is C26H28O6. The largest absolute Gasteiger partial charge is 0.487 e. The van der Waals surface area contributed by atoms with E-state index in [0.29, 0.717) is 23.1 Å². The van der Waals surface area contributed by atoms with Crippen LogP contribution in [0, 0.1) is 0 Å². The van der Waals surface area contributed by atoms with Crippen molar-refractivity contribution in [3.05, 3.63) is 76.7 Å². The molecule has 32 heavy (non-hydrogen) atoms. The highest BCUT2D eigenvalue weighted by Gasteiger charge is 2.25. The fourth-order valence-electron chi connectivity index (χ4n) is 3.05. The molecule has 1 heterocycles. The molecule has 0 atom stereocenters. The molecule has 3 aromatic rings. The Hall–Kier alpha value is -3.54. The van der Waals surface area contributed by atoms with Crippen LogP contribution in [0.25, 0.3) is 11.0 Å². The van der Waals surface area contributed by atoms with Gasteiger partial charge in [-0.25, -0.2) is 9.59 Å². The monoisotopic (exact) mass is 436 g/mol. The zero-order valence-electron chi connectivity index (χ0n) is 18.8. The Bertz CT molecular complexity index is 1150. The molecular weight excluding hydrogens is 408 g/mol. The number of carbonyl (C=O) groups is 1. The normalized spacial score (nSPS) is 11.6. The fraction of sp³-hybridized carbons (Fsp3) is 0.308. The van der Waals surface area contributed by atoms with E-state index < -0.39 is 17.2 Å². The number of allylic oxidation sites excluding steroid dienone is 1. The van der Waals surface area contributed by atoms with Gasteiger partial charge in [0.2, 0.25) is 5.75 Å². The van der Waals surface area contributed by atoms with Gasteiger partial charge in [0.25, 0.3) is 0 Å². The molecule has 0 N–H and O–H groups in total. The molecule has 0 radical (unpaired) electrons. The Kier molecular flexibility index (Phi) is 7.36. The van der Waals surface area contributed by atoms with Crippen molar-refractivity contribution in [1.82, 2.24) is 0 Å². The molecule has 0 aliphatic heterocycles. The molecule has 0 saturated carbocycles.